The summed E-state index contributed by atoms with van der Waals surface area (Å²) >= 11 is 1.40. The Hall–Kier alpha value is -4.11. The molecule has 0 aliphatic carbocycles. The highest BCUT2D eigenvalue weighted by Crippen LogP contribution is 2.35. The first kappa shape index (κ1) is 19.8. The molecule has 0 spiro atoms. The summed E-state index contributed by atoms with van der Waals surface area (Å²) < 4.78 is 0.988. The van der Waals surface area contributed by atoms with Crippen LogP contribution in [-0.4, -0.2) is 38.8 Å². The molecule has 2 aromatic carbocycles. The zero-order valence-electron chi connectivity index (χ0n) is 16.9. The number of hydrogen-bond acceptors (Lipinski definition) is 6. The van der Waals surface area contributed by atoms with Crippen LogP contribution in [0, 0.1) is 6.92 Å². The zero-order chi connectivity index (χ0) is 22.4. The second kappa shape index (κ2) is 7.54. The predicted octanol–water partition coefficient (Wildman–Crippen LogP) is 2.80. The molecule has 8 nitrogen and oxygen atoms in total. The summed E-state index contributed by atoms with van der Waals surface area (Å²) in [5, 5.41) is 0.405. The molecule has 32 heavy (non-hydrogen) atoms. The molecule has 5 rings (SSSR count). The quantitative estimate of drug-likeness (QED) is 0.488. The summed E-state index contributed by atoms with van der Waals surface area (Å²) in [5.74, 6) is -1.76. The maximum absolute atomic E-state index is 13.2. The normalized spacial score (nSPS) is 13.0. The summed E-state index contributed by atoms with van der Waals surface area (Å²) in [6.07, 6.45) is 1.23. The number of rotatable bonds is 4. The van der Waals surface area contributed by atoms with Gasteiger partial charge in [0.05, 0.1) is 16.5 Å². The Morgan fingerprint density at radius 2 is 1.59 bits per heavy atom. The predicted molar refractivity (Wildman–Crippen MR) is 120 cm³/mol. The summed E-state index contributed by atoms with van der Waals surface area (Å²) in [5.41, 5.74) is 4.17. The Bertz CT molecular complexity index is 1440. The van der Waals surface area contributed by atoms with Crippen LogP contribution in [0.2, 0.25) is 0 Å². The van der Waals surface area contributed by atoms with E-state index in [-0.39, 0.29) is 11.1 Å². The molecular weight excluding hydrogens is 428 g/mol. The maximum atomic E-state index is 13.2. The number of aryl methyl sites for hydroxylation is 1. The molecule has 4 aromatic rings. The van der Waals surface area contributed by atoms with Crippen molar-refractivity contribution in [2.45, 2.75) is 6.92 Å². The summed E-state index contributed by atoms with van der Waals surface area (Å²) in [6, 6.07) is 15.9. The summed E-state index contributed by atoms with van der Waals surface area (Å²) in [7, 11) is 0. The van der Waals surface area contributed by atoms with Crippen LogP contribution in [0.15, 0.2) is 65.7 Å². The lowest BCUT2D eigenvalue weighted by molar-refractivity contribution is -0.117. The Labute approximate surface area is 185 Å². The number of benzene rings is 2. The highest BCUT2D eigenvalue weighted by molar-refractivity contribution is 7.19. The van der Waals surface area contributed by atoms with Gasteiger partial charge in [0.1, 0.15) is 17.7 Å². The van der Waals surface area contributed by atoms with Crippen LogP contribution in [0.4, 0.5) is 0 Å². The van der Waals surface area contributed by atoms with Crippen LogP contribution in [0.1, 0.15) is 25.6 Å². The van der Waals surface area contributed by atoms with Crippen molar-refractivity contribution >= 4 is 39.3 Å². The highest BCUT2D eigenvalue weighted by Gasteiger charge is 2.36. The SMILES string of the molecule is Cc1sc2ncn(NC(=O)CN3C(=O)c4ccccc4C3=O)c(=O)c2c1-c1ccccc1. The van der Waals surface area contributed by atoms with Crippen molar-refractivity contribution in [3.8, 4) is 11.1 Å². The van der Waals surface area contributed by atoms with Crippen molar-refractivity contribution in [3.05, 3.63) is 87.3 Å². The lowest BCUT2D eigenvalue weighted by atomic mass is 10.0. The van der Waals surface area contributed by atoms with Crippen LogP contribution < -0.4 is 11.0 Å². The fourth-order valence-corrected chi connectivity index (χ4v) is 4.83. The van der Waals surface area contributed by atoms with Crippen molar-refractivity contribution in [2.75, 3.05) is 12.0 Å². The molecule has 1 N–H and O–H groups in total. The number of nitrogens with zero attached hydrogens (tertiary/aromatic N) is 3. The first-order valence-corrected chi connectivity index (χ1v) is 10.6. The molecule has 9 heteroatoms. The first-order valence-electron chi connectivity index (χ1n) is 9.77. The van der Waals surface area contributed by atoms with Gasteiger partial charge in [0.2, 0.25) is 0 Å². The minimum Gasteiger partial charge on any atom is -0.271 e. The lowest BCUT2D eigenvalue weighted by Crippen LogP contribution is -2.42. The Morgan fingerprint density at radius 1 is 0.969 bits per heavy atom. The van der Waals surface area contributed by atoms with Gasteiger partial charge in [0.15, 0.2) is 0 Å². The van der Waals surface area contributed by atoms with Gasteiger partial charge in [-0.1, -0.05) is 42.5 Å². The van der Waals surface area contributed by atoms with Gasteiger partial charge in [0, 0.05) is 10.4 Å². The van der Waals surface area contributed by atoms with Gasteiger partial charge in [-0.05, 0) is 24.6 Å². The Morgan fingerprint density at radius 3 is 2.25 bits per heavy atom. The average Bonchev–Trinajstić information content (AvgIpc) is 3.26. The smallest absolute Gasteiger partial charge is 0.271 e. The standard InChI is InChI=1S/C23H16N4O4S/c1-13-18(14-7-3-2-4-8-14)19-20(32-13)24-12-27(23(19)31)25-17(28)11-26-21(29)15-9-5-6-10-16(15)22(26)30/h2-10,12H,11H2,1H3,(H,25,28). The van der Waals surface area contributed by atoms with Crippen LogP contribution in [0.5, 0.6) is 0 Å². The van der Waals surface area contributed by atoms with E-state index in [1.165, 1.54) is 17.7 Å². The maximum Gasteiger partial charge on any atom is 0.281 e. The largest absolute Gasteiger partial charge is 0.281 e. The van der Waals surface area contributed by atoms with Crippen LogP contribution in [-0.2, 0) is 4.79 Å². The fourth-order valence-electron chi connectivity index (χ4n) is 3.83. The van der Waals surface area contributed by atoms with Crippen LogP contribution >= 0.6 is 11.3 Å². The fraction of sp³-hybridized carbons (Fsp3) is 0.0870. The molecule has 2 aromatic heterocycles. The van der Waals surface area contributed by atoms with Crippen molar-refractivity contribution < 1.29 is 14.4 Å². The van der Waals surface area contributed by atoms with Gasteiger partial charge in [-0.25, -0.2) is 9.66 Å². The first-order chi connectivity index (χ1) is 15.5. The molecule has 0 fully saturated rings. The van der Waals surface area contributed by atoms with Crippen molar-refractivity contribution in [1.82, 2.24) is 14.6 Å². The molecular formula is C23H16N4O4S. The molecule has 1 aliphatic heterocycles. The third kappa shape index (κ3) is 3.10. The molecule has 0 radical (unpaired) electrons. The van der Waals surface area contributed by atoms with E-state index >= 15 is 0 Å². The lowest BCUT2D eigenvalue weighted by Gasteiger charge is -2.14. The third-order valence-corrected chi connectivity index (χ3v) is 6.29. The summed E-state index contributed by atoms with van der Waals surface area (Å²) in [6.45, 7) is 1.41. The van der Waals surface area contributed by atoms with E-state index in [1.54, 1.807) is 24.3 Å². The minimum absolute atomic E-state index is 0.256. The molecule has 3 amide bonds. The van der Waals surface area contributed by atoms with Gasteiger partial charge < -0.3 is 0 Å². The highest BCUT2D eigenvalue weighted by atomic mass is 32.1. The number of imide groups is 1. The van der Waals surface area contributed by atoms with Gasteiger partial charge in [0.25, 0.3) is 23.3 Å². The molecule has 0 saturated heterocycles. The molecule has 0 unspecified atom stereocenters. The van der Waals surface area contributed by atoms with Gasteiger partial charge in [-0.2, -0.15) is 0 Å². The van der Waals surface area contributed by atoms with Gasteiger partial charge in [-0.15, -0.1) is 11.3 Å². The number of hydrogen-bond donors (Lipinski definition) is 1. The molecule has 0 saturated carbocycles. The van der Waals surface area contributed by atoms with Crippen LogP contribution in [0.25, 0.3) is 21.3 Å². The minimum atomic E-state index is -0.684. The number of nitrogens with one attached hydrogen (secondary N) is 1. The molecule has 3 heterocycles. The average molecular weight is 444 g/mol. The number of amides is 3. The van der Waals surface area contributed by atoms with E-state index in [0.29, 0.717) is 10.2 Å². The molecule has 158 valence electrons. The van der Waals surface area contributed by atoms with Crippen molar-refractivity contribution in [3.63, 3.8) is 0 Å². The van der Waals surface area contributed by atoms with Gasteiger partial charge >= 0.3 is 0 Å². The monoisotopic (exact) mass is 444 g/mol. The molecule has 0 bridgehead atoms. The zero-order valence-corrected chi connectivity index (χ0v) is 17.7. The number of fused-ring (bicyclic) bond motifs is 2. The topological polar surface area (TPSA) is 101 Å². The Kier molecular flexibility index (Phi) is 4.67. The number of carbonyl (C=O) groups is 3. The van der Waals surface area contributed by atoms with E-state index in [1.807, 2.05) is 37.3 Å². The van der Waals surface area contributed by atoms with E-state index in [0.717, 1.165) is 25.6 Å². The van der Waals surface area contributed by atoms with Gasteiger partial charge in [-0.3, -0.25) is 29.5 Å². The number of aromatic nitrogens is 2. The van der Waals surface area contributed by atoms with E-state index in [4.69, 9.17) is 0 Å². The van der Waals surface area contributed by atoms with Crippen molar-refractivity contribution in [2.24, 2.45) is 0 Å². The van der Waals surface area contributed by atoms with E-state index < -0.39 is 29.8 Å². The third-order valence-electron chi connectivity index (χ3n) is 5.28. The second-order valence-corrected chi connectivity index (χ2v) is 8.48. The molecule has 1 aliphatic rings. The van der Waals surface area contributed by atoms with E-state index in [2.05, 4.69) is 10.4 Å². The number of carbonyl (C=O) groups excluding carboxylic acids is 3. The Balaban J connectivity index is 1.45. The van der Waals surface area contributed by atoms with Crippen molar-refractivity contribution in [1.29, 1.82) is 0 Å². The van der Waals surface area contributed by atoms with Crippen LogP contribution in [0.3, 0.4) is 0 Å². The van der Waals surface area contributed by atoms with E-state index in [9.17, 15) is 19.2 Å². The second-order valence-electron chi connectivity index (χ2n) is 7.28. The number of thiophene rings is 1. The molecule has 0 atom stereocenters. The summed E-state index contributed by atoms with van der Waals surface area (Å²) in [4.78, 5) is 57.5.